The normalized spacial score (nSPS) is 20.9. The number of fused-ring (bicyclic) bond motifs is 1. The molecule has 0 bridgehead atoms. The van der Waals surface area contributed by atoms with Crippen LogP contribution >= 0.6 is 0 Å². The van der Waals surface area contributed by atoms with Gasteiger partial charge in [-0.1, -0.05) is 30.3 Å². The zero-order valence-electron chi connectivity index (χ0n) is 17.3. The minimum absolute atomic E-state index is 0.125. The molecular weight excluding hydrogens is 364 g/mol. The molecule has 0 unspecified atom stereocenters. The average molecular weight is 397 g/mol. The third-order valence-electron chi connectivity index (χ3n) is 6.06. The molecule has 0 amide bonds. The summed E-state index contributed by atoms with van der Waals surface area (Å²) in [7, 11) is 1.70. The van der Waals surface area contributed by atoms with Gasteiger partial charge in [0.1, 0.15) is 5.75 Å². The zero-order valence-corrected chi connectivity index (χ0v) is 17.3. The fraction of sp³-hybridized carbons (Fsp3) is 0.500. The monoisotopic (exact) mass is 396 g/mol. The third kappa shape index (κ3) is 5.10. The van der Waals surface area contributed by atoms with E-state index < -0.39 is 6.10 Å². The lowest BCUT2D eigenvalue weighted by atomic mass is 9.89. The summed E-state index contributed by atoms with van der Waals surface area (Å²) in [5, 5.41) is 10.5. The molecule has 0 aromatic heterocycles. The fourth-order valence-electron chi connectivity index (χ4n) is 4.46. The Labute approximate surface area is 173 Å². The van der Waals surface area contributed by atoms with E-state index in [-0.39, 0.29) is 6.10 Å². The van der Waals surface area contributed by atoms with Crippen molar-refractivity contribution in [2.45, 2.75) is 31.5 Å². The molecule has 5 nitrogen and oxygen atoms in total. The van der Waals surface area contributed by atoms with E-state index in [0.29, 0.717) is 13.2 Å². The van der Waals surface area contributed by atoms with Gasteiger partial charge >= 0.3 is 0 Å². The number of anilines is 1. The minimum atomic E-state index is -0.451. The molecule has 29 heavy (non-hydrogen) atoms. The molecule has 1 fully saturated rings. The van der Waals surface area contributed by atoms with Gasteiger partial charge < -0.3 is 19.5 Å². The van der Waals surface area contributed by atoms with Gasteiger partial charge in [0.2, 0.25) is 0 Å². The van der Waals surface area contributed by atoms with Crippen LogP contribution in [-0.4, -0.2) is 62.6 Å². The molecule has 2 atom stereocenters. The number of hydrogen-bond donors (Lipinski definition) is 1. The molecule has 1 saturated heterocycles. The summed E-state index contributed by atoms with van der Waals surface area (Å²) in [6.07, 6.45) is 3.01. The summed E-state index contributed by atoms with van der Waals surface area (Å²) in [6, 6.07) is 16.8. The van der Waals surface area contributed by atoms with Gasteiger partial charge in [-0.25, -0.2) is 0 Å². The van der Waals surface area contributed by atoms with Crippen LogP contribution < -0.4 is 9.64 Å². The molecule has 2 aromatic carbocycles. The van der Waals surface area contributed by atoms with Gasteiger partial charge in [0.05, 0.1) is 25.9 Å². The maximum atomic E-state index is 10.5. The predicted octanol–water partition coefficient (Wildman–Crippen LogP) is 3.27. The van der Waals surface area contributed by atoms with Crippen LogP contribution in [0.4, 0.5) is 5.69 Å². The van der Waals surface area contributed by atoms with Crippen molar-refractivity contribution in [1.82, 2.24) is 4.90 Å². The highest BCUT2D eigenvalue weighted by Gasteiger charge is 2.23. The number of nitrogens with zero attached hydrogens (tertiary/aromatic N) is 2. The summed E-state index contributed by atoms with van der Waals surface area (Å²) in [5.74, 6) is 0.891. The fourth-order valence-corrected chi connectivity index (χ4v) is 4.46. The van der Waals surface area contributed by atoms with E-state index in [1.807, 2.05) is 12.1 Å². The minimum Gasteiger partial charge on any atom is -0.497 e. The number of ether oxygens (including phenoxy) is 2. The Morgan fingerprint density at radius 3 is 2.72 bits per heavy atom. The van der Waals surface area contributed by atoms with Gasteiger partial charge in [-0.3, -0.25) is 4.90 Å². The third-order valence-corrected chi connectivity index (χ3v) is 6.06. The van der Waals surface area contributed by atoms with E-state index in [2.05, 4.69) is 46.2 Å². The molecule has 1 heterocycles. The van der Waals surface area contributed by atoms with Crippen LogP contribution in [0.5, 0.6) is 5.75 Å². The number of benzene rings is 2. The maximum absolute atomic E-state index is 10.5. The van der Waals surface area contributed by atoms with Gasteiger partial charge in [0, 0.05) is 44.5 Å². The second-order valence-corrected chi connectivity index (χ2v) is 8.06. The van der Waals surface area contributed by atoms with E-state index in [0.717, 1.165) is 51.2 Å². The van der Waals surface area contributed by atoms with Gasteiger partial charge in [0.15, 0.2) is 0 Å². The second kappa shape index (κ2) is 9.61. The summed E-state index contributed by atoms with van der Waals surface area (Å²) in [4.78, 5) is 4.71. The average Bonchev–Trinajstić information content (AvgIpc) is 2.78. The Morgan fingerprint density at radius 2 is 1.90 bits per heavy atom. The van der Waals surface area contributed by atoms with Crippen LogP contribution in [0.25, 0.3) is 0 Å². The molecular formula is C24H32N2O3. The van der Waals surface area contributed by atoms with Crippen LogP contribution in [0.15, 0.2) is 48.5 Å². The van der Waals surface area contributed by atoms with Crippen LogP contribution in [0.1, 0.15) is 30.1 Å². The van der Waals surface area contributed by atoms with Crippen molar-refractivity contribution in [3.8, 4) is 5.75 Å². The van der Waals surface area contributed by atoms with Gasteiger partial charge in [-0.15, -0.1) is 0 Å². The molecule has 0 saturated carbocycles. The van der Waals surface area contributed by atoms with E-state index in [1.54, 1.807) is 7.11 Å². The molecule has 0 radical (unpaired) electrons. The maximum Gasteiger partial charge on any atom is 0.120 e. The lowest BCUT2D eigenvalue weighted by Crippen LogP contribution is -2.49. The van der Waals surface area contributed by atoms with E-state index >= 15 is 0 Å². The lowest BCUT2D eigenvalue weighted by molar-refractivity contribution is -0.0285. The van der Waals surface area contributed by atoms with Crippen LogP contribution in [-0.2, 0) is 11.2 Å². The first-order valence-electron chi connectivity index (χ1n) is 10.7. The zero-order chi connectivity index (χ0) is 20.1. The first-order chi connectivity index (χ1) is 14.2. The predicted molar refractivity (Wildman–Crippen MR) is 116 cm³/mol. The van der Waals surface area contributed by atoms with E-state index in [1.165, 1.54) is 16.8 Å². The summed E-state index contributed by atoms with van der Waals surface area (Å²) < 4.78 is 11.5. The van der Waals surface area contributed by atoms with Gasteiger partial charge in [-0.05, 0) is 42.5 Å². The van der Waals surface area contributed by atoms with Crippen LogP contribution in [0.2, 0.25) is 0 Å². The highest BCUT2D eigenvalue weighted by atomic mass is 16.5. The largest absolute Gasteiger partial charge is 0.497 e. The number of aliphatic hydroxyl groups is 1. The number of piperazine rings is 1. The number of β-amino-alcohol motifs (C(OH)–C–C–N with tert-alkyl or cyclic N) is 1. The number of hydrogen-bond acceptors (Lipinski definition) is 5. The highest BCUT2D eigenvalue weighted by molar-refractivity contribution is 5.51. The Hall–Kier alpha value is -2.08. The molecule has 156 valence electrons. The molecule has 2 aliphatic rings. The van der Waals surface area contributed by atoms with Crippen molar-refractivity contribution in [2.24, 2.45) is 0 Å². The number of aliphatic hydroxyl groups excluding tert-OH is 1. The van der Waals surface area contributed by atoms with Crippen molar-refractivity contribution < 1.29 is 14.6 Å². The highest BCUT2D eigenvalue weighted by Crippen LogP contribution is 2.32. The van der Waals surface area contributed by atoms with Crippen LogP contribution in [0, 0.1) is 0 Å². The Bertz CT molecular complexity index is 789. The van der Waals surface area contributed by atoms with E-state index in [4.69, 9.17) is 9.47 Å². The topological polar surface area (TPSA) is 45.2 Å². The molecule has 5 heteroatoms. The van der Waals surface area contributed by atoms with Gasteiger partial charge in [-0.2, -0.15) is 0 Å². The summed E-state index contributed by atoms with van der Waals surface area (Å²) >= 11 is 0. The van der Waals surface area contributed by atoms with Crippen molar-refractivity contribution >= 4 is 5.69 Å². The van der Waals surface area contributed by atoms with Crippen molar-refractivity contribution in [2.75, 3.05) is 51.3 Å². The van der Waals surface area contributed by atoms with Crippen molar-refractivity contribution in [1.29, 1.82) is 0 Å². The number of aryl methyl sites for hydroxylation is 1. The number of methoxy groups -OCH3 is 1. The number of rotatable bonds is 7. The summed E-state index contributed by atoms with van der Waals surface area (Å²) in [5.41, 5.74) is 3.90. The summed E-state index contributed by atoms with van der Waals surface area (Å²) in [6.45, 7) is 4.87. The first kappa shape index (κ1) is 20.2. The van der Waals surface area contributed by atoms with Crippen molar-refractivity contribution in [3.05, 3.63) is 59.7 Å². The Morgan fingerprint density at radius 1 is 1.07 bits per heavy atom. The van der Waals surface area contributed by atoms with Crippen molar-refractivity contribution in [3.63, 3.8) is 0 Å². The molecule has 1 aliphatic carbocycles. The SMILES string of the molecule is COc1cccc(N2CCN(C[C@H](O)CO[C@H]3CCCc4ccccc43)CC2)c1. The molecule has 0 spiro atoms. The smallest absolute Gasteiger partial charge is 0.120 e. The molecule has 1 N–H and O–H groups in total. The quantitative estimate of drug-likeness (QED) is 0.778. The lowest BCUT2D eigenvalue weighted by Gasteiger charge is -2.37. The molecule has 2 aromatic rings. The van der Waals surface area contributed by atoms with E-state index in [9.17, 15) is 5.11 Å². The standard InChI is InChI=1S/C24H32N2O3/c1-28-22-9-5-8-20(16-22)26-14-12-25(13-15-26)17-21(27)18-29-24-11-4-7-19-6-2-3-10-23(19)24/h2-3,5-6,8-10,16,21,24,27H,4,7,11-15,17-18H2,1H3/t21-,24-/m0/s1. The van der Waals surface area contributed by atoms with Crippen LogP contribution in [0.3, 0.4) is 0 Å². The molecule has 4 rings (SSSR count). The second-order valence-electron chi connectivity index (χ2n) is 8.06. The van der Waals surface area contributed by atoms with Gasteiger partial charge in [0.25, 0.3) is 0 Å². The Kier molecular flexibility index (Phi) is 6.70. The first-order valence-corrected chi connectivity index (χ1v) is 10.7. The molecule has 1 aliphatic heterocycles. The Balaban J connectivity index is 1.23.